The normalized spacial score (nSPS) is 16.9. The lowest BCUT2D eigenvalue weighted by Crippen LogP contribution is -2.28. The third-order valence-corrected chi connectivity index (χ3v) is 8.43. The van der Waals surface area contributed by atoms with E-state index in [9.17, 15) is 4.79 Å². The zero-order valence-corrected chi connectivity index (χ0v) is 25.5. The molecule has 1 amide bonds. The second-order valence-corrected chi connectivity index (χ2v) is 11.6. The molecule has 1 unspecified atom stereocenters. The van der Waals surface area contributed by atoms with E-state index in [0.717, 1.165) is 39.7 Å². The summed E-state index contributed by atoms with van der Waals surface area (Å²) in [4.78, 5) is 27.3. The molecule has 1 aliphatic carbocycles. The molecule has 2 aliphatic rings. The van der Waals surface area contributed by atoms with Crippen molar-refractivity contribution in [3.05, 3.63) is 100 Å². The first-order valence-electron chi connectivity index (χ1n) is 14.2. The predicted molar refractivity (Wildman–Crippen MR) is 169 cm³/mol. The molecule has 44 heavy (non-hydrogen) atoms. The van der Waals surface area contributed by atoms with E-state index in [4.69, 9.17) is 25.2 Å². The predicted octanol–water partition coefficient (Wildman–Crippen LogP) is 4.99. The maximum Gasteiger partial charge on any atom is 0.251 e. The van der Waals surface area contributed by atoms with Crippen molar-refractivity contribution in [2.75, 3.05) is 18.9 Å². The summed E-state index contributed by atoms with van der Waals surface area (Å²) in [5.74, 6) is 1.40. The van der Waals surface area contributed by atoms with E-state index in [1.807, 2.05) is 48.0 Å². The molecule has 12 heteroatoms. The molecule has 4 aromatic heterocycles. The number of nitrogens with two attached hydrogens (primary N) is 1. The highest BCUT2D eigenvalue weighted by Crippen LogP contribution is 2.37. The van der Waals surface area contributed by atoms with E-state index < -0.39 is 6.29 Å². The Morgan fingerprint density at radius 3 is 2.77 bits per heavy atom. The van der Waals surface area contributed by atoms with Crippen molar-refractivity contribution in [1.29, 1.82) is 0 Å². The molecule has 1 aromatic carbocycles. The monoisotopic (exact) mass is 652 g/mol. The average molecular weight is 654 g/mol. The number of pyridine rings is 2. The molecular weight excluding hydrogens is 624 g/mol. The van der Waals surface area contributed by atoms with Gasteiger partial charge >= 0.3 is 0 Å². The van der Waals surface area contributed by atoms with Gasteiger partial charge in [0.15, 0.2) is 23.6 Å². The molecule has 1 aliphatic heterocycles. The molecule has 0 saturated carbocycles. The van der Waals surface area contributed by atoms with Crippen molar-refractivity contribution in [3.8, 4) is 22.9 Å². The van der Waals surface area contributed by atoms with Gasteiger partial charge in [0, 0.05) is 29.9 Å². The van der Waals surface area contributed by atoms with Crippen molar-refractivity contribution in [1.82, 2.24) is 34.6 Å². The minimum Gasteiger partial charge on any atom is -0.383 e. The molecule has 5 aromatic rings. The Labute approximate surface area is 261 Å². The number of anilines is 1. The fourth-order valence-electron chi connectivity index (χ4n) is 5.72. The van der Waals surface area contributed by atoms with E-state index in [1.54, 1.807) is 23.2 Å². The van der Waals surface area contributed by atoms with E-state index in [-0.39, 0.29) is 11.9 Å². The molecule has 1 saturated heterocycles. The Kier molecular flexibility index (Phi) is 7.32. The van der Waals surface area contributed by atoms with Gasteiger partial charge in [-0.15, -0.1) is 0 Å². The maximum absolute atomic E-state index is 13.1. The van der Waals surface area contributed by atoms with Crippen molar-refractivity contribution in [2.45, 2.75) is 32.1 Å². The van der Waals surface area contributed by atoms with Gasteiger partial charge in [-0.05, 0) is 94.9 Å². The number of carbonyl (C=O) groups excluding carboxylic acids is 1. The minimum absolute atomic E-state index is 0.136. The lowest BCUT2D eigenvalue weighted by Gasteiger charge is -2.16. The summed E-state index contributed by atoms with van der Waals surface area (Å²) in [6, 6.07) is 13.5. The van der Waals surface area contributed by atoms with Crippen LogP contribution >= 0.6 is 15.9 Å². The minimum atomic E-state index is -0.429. The number of fused-ring (bicyclic) bond motifs is 2. The number of hydrogen-bond donors (Lipinski definition) is 2. The van der Waals surface area contributed by atoms with Gasteiger partial charge in [0.25, 0.3) is 5.91 Å². The smallest absolute Gasteiger partial charge is 0.251 e. The maximum atomic E-state index is 13.1. The van der Waals surface area contributed by atoms with Crippen LogP contribution in [0.3, 0.4) is 0 Å². The number of nitrogens with one attached hydrogen (secondary N) is 1. The van der Waals surface area contributed by atoms with Crippen LogP contribution < -0.4 is 11.1 Å². The number of rotatable bonds is 7. The molecule has 1 fully saturated rings. The lowest BCUT2D eigenvalue weighted by atomic mass is 10.1. The summed E-state index contributed by atoms with van der Waals surface area (Å²) < 4.78 is 15.5. The molecule has 0 radical (unpaired) electrons. The van der Waals surface area contributed by atoms with Gasteiger partial charge in [-0.1, -0.05) is 12.6 Å². The zero-order chi connectivity index (χ0) is 30.4. The SMILES string of the molecule is C=C(/C=C(\C)C1OCCO1)C(=O)NC1CCc2cc(-n3c(-c4cccnc4N)nc4c(Br)cc(-n5cccn5)nc43)ccc21. The van der Waals surface area contributed by atoms with Crippen LogP contribution in [0.2, 0.25) is 0 Å². The van der Waals surface area contributed by atoms with Crippen LogP contribution in [0.25, 0.3) is 34.1 Å². The number of imidazole rings is 1. The Morgan fingerprint density at radius 2 is 2.00 bits per heavy atom. The number of nitrogen functional groups attached to an aromatic ring is 1. The van der Waals surface area contributed by atoms with Crippen LogP contribution in [0.15, 0.2) is 89.3 Å². The van der Waals surface area contributed by atoms with E-state index in [1.165, 1.54) is 0 Å². The number of amides is 1. The first-order valence-corrected chi connectivity index (χ1v) is 15.0. The largest absolute Gasteiger partial charge is 0.383 e. The summed E-state index contributed by atoms with van der Waals surface area (Å²) in [6.45, 7) is 6.94. The second-order valence-electron chi connectivity index (χ2n) is 10.7. The number of carbonyl (C=O) groups is 1. The van der Waals surface area contributed by atoms with Crippen molar-refractivity contribution >= 4 is 38.8 Å². The molecule has 0 spiro atoms. The summed E-state index contributed by atoms with van der Waals surface area (Å²) in [6.07, 6.45) is 8.07. The zero-order valence-electron chi connectivity index (χ0n) is 23.9. The van der Waals surface area contributed by atoms with Gasteiger partial charge in [0.1, 0.15) is 11.3 Å². The number of aryl methyl sites for hydroxylation is 1. The third-order valence-electron chi connectivity index (χ3n) is 7.83. The molecule has 222 valence electrons. The quantitative estimate of drug-likeness (QED) is 0.185. The van der Waals surface area contributed by atoms with Crippen LogP contribution in [0, 0.1) is 0 Å². The van der Waals surface area contributed by atoms with Crippen LogP contribution in [-0.4, -0.2) is 54.7 Å². The van der Waals surface area contributed by atoms with Crippen LogP contribution in [0.5, 0.6) is 0 Å². The number of halogens is 1. The molecule has 5 heterocycles. The number of hydrogen-bond acceptors (Lipinski definition) is 8. The highest BCUT2D eigenvalue weighted by molar-refractivity contribution is 9.10. The summed E-state index contributed by atoms with van der Waals surface area (Å²) >= 11 is 3.70. The molecule has 1 atom stereocenters. The molecule has 7 rings (SSSR count). The van der Waals surface area contributed by atoms with Gasteiger partial charge in [-0.3, -0.25) is 9.36 Å². The van der Waals surface area contributed by atoms with E-state index in [0.29, 0.717) is 53.0 Å². The Hall–Kier alpha value is -4.65. The molecule has 3 N–H and O–H groups in total. The highest BCUT2D eigenvalue weighted by Gasteiger charge is 2.27. The van der Waals surface area contributed by atoms with E-state index >= 15 is 0 Å². The Balaban J connectivity index is 1.25. The highest BCUT2D eigenvalue weighted by atomic mass is 79.9. The number of nitrogens with zero attached hydrogens (tertiary/aromatic N) is 6. The fraction of sp³-hybridized carbons (Fsp3) is 0.219. The van der Waals surface area contributed by atoms with Crippen molar-refractivity contribution in [3.63, 3.8) is 0 Å². The Morgan fingerprint density at radius 1 is 1.16 bits per heavy atom. The van der Waals surface area contributed by atoms with Crippen molar-refractivity contribution < 1.29 is 14.3 Å². The summed E-state index contributed by atoms with van der Waals surface area (Å²) in [5, 5.41) is 7.51. The lowest BCUT2D eigenvalue weighted by molar-refractivity contribution is -0.117. The molecule has 11 nitrogen and oxygen atoms in total. The second kappa shape index (κ2) is 11.5. The number of ether oxygens (including phenoxy) is 2. The number of aromatic nitrogens is 6. The first-order chi connectivity index (χ1) is 21.4. The standard InChI is InChI=1S/C32H29BrN8O3/c1-18(15-19(2)32-43-13-14-44-32)31(42)37-25-9-6-20-16-21(7-8-22(20)25)41-29(23-5-3-10-35-28(23)34)39-27-24(33)17-26(38-30(27)41)40-12-4-11-36-40/h3-5,7-8,10-12,15-17,25,32H,1,6,9,13-14H2,2H3,(H2,34,35)(H,37,42)/b19-15+. The van der Waals surface area contributed by atoms with Gasteiger partial charge in [-0.25, -0.2) is 19.6 Å². The third kappa shape index (κ3) is 5.10. The first kappa shape index (κ1) is 28.1. The van der Waals surface area contributed by atoms with Gasteiger partial charge < -0.3 is 20.5 Å². The van der Waals surface area contributed by atoms with Gasteiger partial charge in [0.05, 0.1) is 29.3 Å². The van der Waals surface area contributed by atoms with Gasteiger partial charge in [0.2, 0.25) is 0 Å². The van der Waals surface area contributed by atoms with Crippen LogP contribution in [-0.2, 0) is 20.7 Å². The molecule has 0 bridgehead atoms. The van der Waals surface area contributed by atoms with Crippen LogP contribution in [0.4, 0.5) is 5.82 Å². The topological polar surface area (TPSA) is 135 Å². The fourth-order valence-corrected chi connectivity index (χ4v) is 6.20. The Bertz CT molecular complexity index is 1940. The van der Waals surface area contributed by atoms with Crippen molar-refractivity contribution in [2.24, 2.45) is 0 Å². The number of benzene rings is 1. The van der Waals surface area contributed by atoms with E-state index in [2.05, 4.69) is 50.0 Å². The molecular formula is C32H29BrN8O3. The summed E-state index contributed by atoms with van der Waals surface area (Å²) in [7, 11) is 0. The average Bonchev–Trinajstić information content (AvgIpc) is 3.84. The van der Waals surface area contributed by atoms with Crippen LogP contribution in [0.1, 0.15) is 30.5 Å². The van der Waals surface area contributed by atoms with Gasteiger partial charge in [-0.2, -0.15) is 5.10 Å². The summed E-state index contributed by atoms with van der Waals surface area (Å²) in [5.41, 5.74) is 12.6.